The van der Waals surface area contributed by atoms with Crippen molar-refractivity contribution in [3.8, 4) is 0 Å². The van der Waals surface area contributed by atoms with Crippen molar-refractivity contribution in [2.24, 2.45) is 11.0 Å². The van der Waals surface area contributed by atoms with E-state index in [0.717, 1.165) is 16.7 Å². The normalized spacial score (nSPS) is 18.4. The number of nitrogens with zero attached hydrogens (tertiary/aromatic N) is 2. The predicted molar refractivity (Wildman–Crippen MR) is 137 cm³/mol. The van der Waals surface area contributed by atoms with Gasteiger partial charge in [0.1, 0.15) is 5.92 Å². The molecule has 0 spiro atoms. The van der Waals surface area contributed by atoms with Crippen molar-refractivity contribution < 1.29 is 22.7 Å². The molecule has 0 bridgehead atoms. The van der Waals surface area contributed by atoms with Gasteiger partial charge in [-0.3, -0.25) is 9.59 Å². The minimum absolute atomic E-state index is 0.0562. The first-order valence-corrected chi connectivity index (χ1v) is 13.2. The van der Waals surface area contributed by atoms with Crippen LogP contribution in [0.5, 0.6) is 0 Å². The number of amides is 1. The highest BCUT2D eigenvalue weighted by Gasteiger charge is 2.44. The quantitative estimate of drug-likeness (QED) is 0.458. The van der Waals surface area contributed by atoms with E-state index in [2.05, 4.69) is 5.10 Å². The van der Waals surface area contributed by atoms with E-state index in [1.54, 1.807) is 43.3 Å². The Morgan fingerprint density at radius 3 is 2.31 bits per heavy atom. The average molecular weight is 505 g/mol. The molecule has 1 amide bonds. The zero-order valence-corrected chi connectivity index (χ0v) is 21.2. The van der Waals surface area contributed by atoms with Crippen molar-refractivity contribution in [3.63, 3.8) is 0 Å². The van der Waals surface area contributed by atoms with Gasteiger partial charge in [0.05, 0.1) is 17.2 Å². The lowest BCUT2D eigenvalue weighted by Crippen LogP contribution is -2.32. The molecule has 0 N–H and O–H groups in total. The molecule has 0 saturated heterocycles. The molecule has 2 atom stereocenters. The minimum Gasteiger partial charge on any atom is -0.465 e. The van der Waals surface area contributed by atoms with E-state index in [9.17, 15) is 18.0 Å². The maximum Gasteiger partial charge on any atom is 0.315 e. The van der Waals surface area contributed by atoms with Gasteiger partial charge in [-0.25, -0.2) is 0 Å². The Labute approximate surface area is 211 Å². The first-order valence-electron chi connectivity index (χ1n) is 11.7. The molecule has 0 fully saturated rings. The summed E-state index contributed by atoms with van der Waals surface area (Å²) in [6.45, 7) is 5.60. The number of hydrogen-bond acceptors (Lipinski definition) is 6. The first-order chi connectivity index (χ1) is 17.2. The van der Waals surface area contributed by atoms with E-state index in [1.807, 2.05) is 44.2 Å². The fraction of sp³-hybridized carbons (Fsp3) is 0.250. The lowest BCUT2D eigenvalue weighted by atomic mass is 9.78. The second-order valence-corrected chi connectivity index (χ2v) is 10.5. The zero-order chi connectivity index (χ0) is 25.9. The van der Waals surface area contributed by atoms with E-state index >= 15 is 0 Å². The van der Waals surface area contributed by atoms with Crippen LogP contribution in [0.15, 0.2) is 88.9 Å². The van der Waals surface area contributed by atoms with Gasteiger partial charge in [0, 0.05) is 12.3 Å². The number of ether oxygens (including phenoxy) is 1. The van der Waals surface area contributed by atoms with Crippen LogP contribution in [0.4, 0.5) is 0 Å². The SMILES string of the molecule is CCOC(=O)[C@H]1C(c2ccccc2)=NN(S(=O)(=O)c2ccc(C)cc2)C(=O)C[C@@H]1c1cccc(C)c1. The maximum atomic E-state index is 13.6. The van der Waals surface area contributed by atoms with Crippen LogP contribution in [0.3, 0.4) is 0 Å². The molecule has 0 radical (unpaired) electrons. The van der Waals surface area contributed by atoms with E-state index in [4.69, 9.17) is 4.74 Å². The molecule has 7 nitrogen and oxygen atoms in total. The minimum atomic E-state index is -4.32. The second kappa shape index (κ2) is 10.5. The highest BCUT2D eigenvalue weighted by atomic mass is 32.2. The van der Waals surface area contributed by atoms with Crippen LogP contribution in [0.1, 0.15) is 41.5 Å². The summed E-state index contributed by atoms with van der Waals surface area (Å²) < 4.78 is 33.2. The van der Waals surface area contributed by atoms with Gasteiger partial charge in [-0.1, -0.05) is 77.9 Å². The molecule has 4 rings (SSSR count). The molecule has 3 aromatic rings. The van der Waals surface area contributed by atoms with Crippen molar-refractivity contribution in [2.45, 2.75) is 38.0 Å². The highest BCUT2D eigenvalue weighted by Crippen LogP contribution is 2.37. The summed E-state index contributed by atoms with van der Waals surface area (Å²) in [7, 11) is -4.32. The van der Waals surface area contributed by atoms with E-state index < -0.39 is 33.7 Å². The smallest absolute Gasteiger partial charge is 0.315 e. The van der Waals surface area contributed by atoms with Crippen LogP contribution in [0, 0.1) is 19.8 Å². The topological polar surface area (TPSA) is 93.1 Å². The molecule has 36 heavy (non-hydrogen) atoms. The number of sulfonamides is 1. The summed E-state index contributed by atoms with van der Waals surface area (Å²) in [5.74, 6) is -2.94. The van der Waals surface area contributed by atoms with Crippen LogP contribution >= 0.6 is 0 Å². The summed E-state index contributed by atoms with van der Waals surface area (Å²) in [6, 6.07) is 22.6. The third kappa shape index (κ3) is 5.09. The van der Waals surface area contributed by atoms with E-state index in [-0.39, 0.29) is 23.6 Å². The van der Waals surface area contributed by atoms with Gasteiger partial charge < -0.3 is 4.74 Å². The molecule has 0 aromatic heterocycles. The summed E-state index contributed by atoms with van der Waals surface area (Å²) in [5.41, 5.74) is 3.27. The lowest BCUT2D eigenvalue weighted by Gasteiger charge is -2.25. The molecule has 186 valence electrons. The second-order valence-electron chi connectivity index (χ2n) is 8.76. The van der Waals surface area contributed by atoms with Crippen LogP contribution in [0.2, 0.25) is 0 Å². The zero-order valence-electron chi connectivity index (χ0n) is 20.4. The number of hydrogen-bond donors (Lipinski definition) is 0. The predicted octanol–water partition coefficient (Wildman–Crippen LogP) is 4.59. The molecule has 1 heterocycles. The highest BCUT2D eigenvalue weighted by molar-refractivity contribution is 7.89. The summed E-state index contributed by atoms with van der Waals surface area (Å²) in [6.07, 6.45) is -0.238. The van der Waals surface area contributed by atoms with Crippen LogP contribution in [0.25, 0.3) is 0 Å². The Kier molecular flexibility index (Phi) is 7.35. The Balaban J connectivity index is 1.95. The van der Waals surface area contributed by atoms with Gasteiger partial charge in [-0.2, -0.15) is 13.5 Å². The Morgan fingerprint density at radius 2 is 1.67 bits per heavy atom. The first kappa shape index (κ1) is 25.3. The third-order valence-electron chi connectivity index (χ3n) is 6.13. The molecular weight excluding hydrogens is 476 g/mol. The molecule has 8 heteroatoms. The molecule has 0 unspecified atom stereocenters. The fourth-order valence-electron chi connectivity index (χ4n) is 4.35. The Bertz CT molecular complexity index is 1400. The maximum absolute atomic E-state index is 13.6. The number of carbonyl (C=O) groups excluding carboxylic acids is 2. The van der Waals surface area contributed by atoms with Gasteiger partial charge in [0.2, 0.25) is 0 Å². The van der Waals surface area contributed by atoms with Gasteiger partial charge in [-0.15, -0.1) is 4.41 Å². The molecule has 3 aromatic carbocycles. The number of hydrazone groups is 1. The van der Waals surface area contributed by atoms with Gasteiger partial charge >= 0.3 is 5.97 Å². The number of benzene rings is 3. The molecule has 1 aliphatic heterocycles. The lowest BCUT2D eigenvalue weighted by molar-refractivity contribution is -0.146. The van der Waals surface area contributed by atoms with E-state index in [0.29, 0.717) is 9.98 Å². The molecule has 1 aliphatic rings. The number of aryl methyl sites for hydroxylation is 2. The van der Waals surface area contributed by atoms with Gasteiger partial charge in [-0.05, 0) is 44.0 Å². The fourth-order valence-corrected chi connectivity index (χ4v) is 5.57. The van der Waals surface area contributed by atoms with Crippen molar-refractivity contribution in [2.75, 3.05) is 6.61 Å². The Hall–Kier alpha value is -3.78. The average Bonchev–Trinajstić information content (AvgIpc) is 3.02. The third-order valence-corrected chi connectivity index (χ3v) is 7.74. The summed E-state index contributed by atoms with van der Waals surface area (Å²) in [5, 5.41) is 4.39. The largest absolute Gasteiger partial charge is 0.465 e. The Morgan fingerprint density at radius 1 is 0.972 bits per heavy atom. The number of esters is 1. The monoisotopic (exact) mass is 504 g/mol. The van der Waals surface area contributed by atoms with Crippen molar-refractivity contribution in [1.82, 2.24) is 4.41 Å². The summed E-state index contributed by atoms with van der Waals surface area (Å²) >= 11 is 0. The van der Waals surface area contributed by atoms with Gasteiger partial charge in [0.15, 0.2) is 0 Å². The number of rotatable bonds is 6. The summed E-state index contributed by atoms with van der Waals surface area (Å²) in [4.78, 5) is 26.9. The van der Waals surface area contributed by atoms with Crippen LogP contribution in [-0.2, 0) is 24.3 Å². The van der Waals surface area contributed by atoms with E-state index in [1.165, 1.54) is 12.1 Å². The van der Waals surface area contributed by atoms with Crippen molar-refractivity contribution >= 4 is 27.6 Å². The van der Waals surface area contributed by atoms with Gasteiger partial charge in [0.25, 0.3) is 15.9 Å². The number of carbonyl (C=O) groups is 2. The van der Waals surface area contributed by atoms with Crippen LogP contribution in [-0.4, -0.2) is 37.0 Å². The van der Waals surface area contributed by atoms with Crippen LogP contribution < -0.4 is 0 Å². The molecular formula is C28H28N2O5S. The molecule has 0 aliphatic carbocycles. The molecule has 0 saturated carbocycles. The van der Waals surface area contributed by atoms with Crippen molar-refractivity contribution in [1.29, 1.82) is 0 Å². The standard InChI is InChI=1S/C28H28N2O5S/c1-4-35-28(32)26-24(22-12-8-9-20(3)17-22)18-25(31)30(29-27(26)21-10-6-5-7-11-21)36(33,34)23-15-13-19(2)14-16-23/h5-17,24,26H,4,18H2,1-3H3/t24-,26-/m1/s1. The van der Waals surface area contributed by atoms with Crippen molar-refractivity contribution in [3.05, 3.63) is 101 Å².